The molecular formula is C20H22FN3O4S. The summed E-state index contributed by atoms with van der Waals surface area (Å²) < 4.78 is 38.9. The summed E-state index contributed by atoms with van der Waals surface area (Å²) in [6.07, 6.45) is 2.30. The van der Waals surface area contributed by atoms with E-state index in [0.29, 0.717) is 18.7 Å². The lowest BCUT2D eigenvalue weighted by atomic mass is 10.2. The summed E-state index contributed by atoms with van der Waals surface area (Å²) in [5.41, 5.74) is 1.28. The van der Waals surface area contributed by atoms with Crippen molar-refractivity contribution in [1.82, 2.24) is 0 Å². The van der Waals surface area contributed by atoms with Gasteiger partial charge in [-0.1, -0.05) is 6.07 Å². The van der Waals surface area contributed by atoms with E-state index in [1.165, 1.54) is 25.1 Å². The quantitative estimate of drug-likeness (QED) is 0.780. The van der Waals surface area contributed by atoms with Crippen molar-refractivity contribution in [2.45, 2.75) is 25.8 Å². The second-order valence-electron chi connectivity index (χ2n) is 6.90. The van der Waals surface area contributed by atoms with Crippen LogP contribution in [0.15, 0.2) is 48.5 Å². The average molecular weight is 419 g/mol. The van der Waals surface area contributed by atoms with E-state index in [-0.39, 0.29) is 11.6 Å². The molecule has 1 atom stereocenters. The molecule has 0 bridgehead atoms. The molecule has 1 saturated heterocycles. The van der Waals surface area contributed by atoms with Gasteiger partial charge in [0.1, 0.15) is 11.9 Å². The number of sulfonamides is 1. The van der Waals surface area contributed by atoms with Crippen LogP contribution in [-0.4, -0.2) is 39.1 Å². The van der Waals surface area contributed by atoms with Crippen molar-refractivity contribution in [1.29, 1.82) is 0 Å². The SMILES string of the molecule is C[C@@H](C(=O)Nc1ccc(N2CCCC2=O)cc1)N(c1cccc(F)c1)S(C)(=O)=O. The number of hydrogen-bond donors (Lipinski definition) is 1. The summed E-state index contributed by atoms with van der Waals surface area (Å²) >= 11 is 0. The zero-order valence-corrected chi connectivity index (χ0v) is 16.9. The van der Waals surface area contributed by atoms with Crippen LogP contribution in [0.5, 0.6) is 0 Å². The van der Waals surface area contributed by atoms with Gasteiger partial charge in [-0.3, -0.25) is 13.9 Å². The first-order valence-corrected chi connectivity index (χ1v) is 11.0. The second-order valence-corrected chi connectivity index (χ2v) is 8.76. The molecule has 2 aromatic rings. The fraction of sp³-hybridized carbons (Fsp3) is 0.300. The Morgan fingerprint density at radius 1 is 1.21 bits per heavy atom. The Labute approximate surface area is 169 Å². The van der Waals surface area contributed by atoms with E-state index < -0.39 is 27.8 Å². The van der Waals surface area contributed by atoms with E-state index in [2.05, 4.69) is 5.32 Å². The minimum absolute atomic E-state index is 0.0642. The summed E-state index contributed by atoms with van der Waals surface area (Å²) in [4.78, 5) is 26.2. The first kappa shape index (κ1) is 20.8. The standard InChI is InChI=1S/C20H22FN3O4S/c1-14(24(29(2,27)28)18-6-3-5-15(21)13-18)20(26)22-16-8-10-17(11-9-16)23-12-4-7-19(23)25/h3,5-6,8-11,13-14H,4,7,12H2,1-2H3,(H,22,26)/t14-/m0/s1. The summed E-state index contributed by atoms with van der Waals surface area (Å²) in [5, 5.41) is 2.67. The van der Waals surface area contributed by atoms with Crippen molar-refractivity contribution in [2.75, 3.05) is 27.3 Å². The number of nitrogens with zero attached hydrogens (tertiary/aromatic N) is 2. The van der Waals surface area contributed by atoms with Crippen LogP contribution >= 0.6 is 0 Å². The van der Waals surface area contributed by atoms with Crippen molar-refractivity contribution in [3.63, 3.8) is 0 Å². The van der Waals surface area contributed by atoms with Gasteiger partial charge in [0.25, 0.3) is 0 Å². The first-order chi connectivity index (χ1) is 13.7. The van der Waals surface area contributed by atoms with Gasteiger partial charge >= 0.3 is 0 Å². The summed E-state index contributed by atoms with van der Waals surface area (Å²) in [5.74, 6) is -1.10. The van der Waals surface area contributed by atoms with E-state index in [9.17, 15) is 22.4 Å². The largest absolute Gasteiger partial charge is 0.324 e. The molecule has 1 aliphatic heterocycles. The molecule has 2 amide bonds. The third kappa shape index (κ3) is 4.73. The van der Waals surface area contributed by atoms with Crippen LogP contribution in [-0.2, 0) is 19.6 Å². The fourth-order valence-corrected chi connectivity index (χ4v) is 4.48. The maximum atomic E-state index is 13.6. The molecule has 1 heterocycles. The van der Waals surface area contributed by atoms with Gasteiger partial charge in [-0.25, -0.2) is 12.8 Å². The summed E-state index contributed by atoms with van der Waals surface area (Å²) in [7, 11) is -3.83. The summed E-state index contributed by atoms with van der Waals surface area (Å²) in [6.45, 7) is 2.09. The predicted octanol–water partition coefficient (Wildman–Crippen LogP) is 2.75. The van der Waals surface area contributed by atoms with Crippen LogP contribution in [0.2, 0.25) is 0 Å². The first-order valence-electron chi connectivity index (χ1n) is 9.13. The molecule has 7 nitrogen and oxygen atoms in total. The Morgan fingerprint density at radius 3 is 2.45 bits per heavy atom. The topological polar surface area (TPSA) is 86.8 Å². The van der Waals surface area contributed by atoms with E-state index >= 15 is 0 Å². The lowest BCUT2D eigenvalue weighted by molar-refractivity contribution is -0.117. The van der Waals surface area contributed by atoms with Crippen molar-refractivity contribution >= 4 is 38.9 Å². The zero-order valence-electron chi connectivity index (χ0n) is 16.1. The normalized spacial score (nSPS) is 15.3. The third-order valence-electron chi connectivity index (χ3n) is 4.67. The maximum absolute atomic E-state index is 13.6. The van der Waals surface area contributed by atoms with Gasteiger partial charge in [-0.15, -0.1) is 0 Å². The van der Waals surface area contributed by atoms with Crippen LogP contribution in [0.25, 0.3) is 0 Å². The van der Waals surface area contributed by atoms with Crippen LogP contribution in [0, 0.1) is 5.82 Å². The molecule has 0 unspecified atom stereocenters. The van der Waals surface area contributed by atoms with Crippen LogP contribution < -0.4 is 14.5 Å². The van der Waals surface area contributed by atoms with Gasteiger partial charge in [-0.05, 0) is 55.8 Å². The molecule has 154 valence electrons. The fourth-order valence-electron chi connectivity index (χ4n) is 3.31. The molecule has 0 radical (unpaired) electrons. The average Bonchev–Trinajstić information content (AvgIpc) is 3.07. The number of benzene rings is 2. The molecule has 3 rings (SSSR count). The Bertz CT molecular complexity index is 1020. The van der Waals surface area contributed by atoms with Gasteiger partial charge in [0.2, 0.25) is 21.8 Å². The highest BCUT2D eigenvalue weighted by molar-refractivity contribution is 7.92. The molecular weight excluding hydrogens is 397 g/mol. The van der Waals surface area contributed by atoms with Gasteiger partial charge in [0, 0.05) is 24.3 Å². The molecule has 29 heavy (non-hydrogen) atoms. The molecule has 1 N–H and O–H groups in total. The smallest absolute Gasteiger partial charge is 0.247 e. The van der Waals surface area contributed by atoms with E-state index in [4.69, 9.17) is 0 Å². The number of halogens is 1. The molecule has 0 aliphatic carbocycles. The molecule has 1 fully saturated rings. The monoisotopic (exact) mass is 419 g/mol. The van der Waals surface area contributed by atoms with Crippen molar-refractivity contribution < 1.29 is 22.4 Å². The number of carbonyl (C=O) groups is 2. The lowest BCUT2D eigenvalue weighted by Gasteiger charge is -2.28. The number of amides is 2. The highest BCUT2D eigenvalue weighted by Gasteiger charge is 2.29. The predicted molar refractivity (Wildman–Crippen MR) is 110 cm³/mol. The zero-order chi connectivity index (χ0) is 21.2. The second kappa shape index (κ2) is 8.20. The molecule has 1 aliphatic rings. The minimum Gasteiger partial charge on any atom is -0.324 e. The third-order valence-corrected chi connectivity index (χ3v) is 5.91. The lowest BCUT2D eigenvalue weighted by Crippen LogP contribution is -2.45. The Kier molecular flexibility index (Phi) is 5.88. The Hall–Kier alpha value is -2.94. The molecule has 2 aromatic carbocycles. The Morgan fingerprint density at radius 2 is 1.90 bits per heavy atom. The molecule has 0 spiro atoms. The molecule has 0 saturated carbocycles. The maximum Gasteiger partial charge on any atom is 0.247 e. The van der Waals surface area contributed by atoms with E-state index in [0.717, 1.165) is 28.7 Å². The number of anilines is 3. The number of rotatable bonds is 6. The van der Waals surface area contributed by atoms with Gasteiger partial charge in [0.05, 0.1) is 11.9 Å². The highest BCUT2D eigenvalue weighted by Crippen LogP contribution is 2.25. The van der Waals surface area contributed by atoms with Crippen LogP contribution in [0.1, 0.15) is 19.8 Å². The van der Waals surface area contributed by atoms with Gasteiger partial charge in [-0.2, -0.15) is 0 Å². The minimum atomic E-state index is -3.83. The number of nitrogens with one attached hydrogen (secondary N) is 1. The van der Waals surface area contributed by atoms with Crippen LogP contribution in [0.4, 0.5) is 21.5 Å². The molecule has 0 aromatic heterocycles. The van der Waals surface area contributed by atoms with E-state index in [1.54, 1.807) is 29.2 Å². The van der Waals surface area contributed by atoms with Gasteiger partial charge < -0.3 is 10.2 Å². The van der Waals surface area contributed by atoms with E-state index in [1.807, 2.05) is 0 Å². The van der Waals surface area contributed by atoms with Crippen molar-refractivity contribution in [3.8, 4) is 0 Å². The highest BCUT2D eigenvalue weighted by atomic mass is 32.2. The van der Waals surface area contributed by atoms with Crippen LogP contribution in [0.3, 0.4) is 0 Å². The summed E-state index contributed by atoms with van der Waals surface area (Å²) in [6, 6.07) is 10.7. The van der Waals surface area contributed by atoms with Crippen molar-refractivity contribution in [3.05, 3.63) is 54.3 Å². The van der Waals surface area contributed by atoms with Crippen molar-refractivity contribution in [2.24, 2.45) is 0 Å². The number of carbonyl (C=O) groups excluding carboxylic acids is 2. The Balaban J connectivity index is 1.77. The number of hydrogen-bond acceptors (Lipinski definition) is 4. The van der Waals surface area contributed by atoms with Gasteiger partial charge in [0.15, 0.2) is 0 Å². The molecule has 9 heteroatoms.